The van der Waals surface area contributed by atoms with Crippen molar-refractivity contribution < 1.29 is 13.2 Å². The van der Waals surface area contributed by atoms with E-state index in [0.29, 0.717) is 25.0 Å². The van der Waals surface area contributed by atoms with Crippen molar-refractivity contribution in [3.8, 4) is 0 Å². The molecule has 2 heterocycles. The van der Waals surface area contributed by atoms with Crippen LogP contribution in [0.4, 0.5) is 0 Å². The third kappa shape index (κ3) is 8.57. The summed E-state index contributed by atoms with van der Waals surface area (Å²) in [6.45, 7) is 3.31. The van der Waals surface area contributed by atoms with Crippen LogP contribution in [-0.2, 0) is 21.2 Å². The molecule has 31 heavy (non-hydrogen) atoms. The van der Waals surface area contributed by atoms with Crippen molar-refractivity contribution in [3.05, 3.63) is 35.9 Å². The van der Waals surface area contributed by atoms with E-state index in [1.807, 2.05) is 6.07 Å². The van der Waals surface area contributed by atoms with Gasteiger partial charge in [-0.2, -0.15) is 0 Å². The van der Waals surface area contributed by atoms with E-state index in [4.69, 9.17) is 0 Å². The average molecular weight is 564 g/mol. The van der Waals surface area contributed by atoms with Crippen molar-refractivity contribution in [2.45, 2.75) is 44.3 Å². The zero-order chi connectivity index (χ0) is 21.4. The van der Waals surface area contributed by atoms with Crippen LogP contribution in [0.5, 0.6) is 0 Å². The van der Waals surface area contributed by atoms with Gasteiger partial charge in [0.25, 0.3) is 0 Å². The minimum Gasteiger partial charge on any atom is -0.356 e. The van der Waals surface area contributed by atoms with E-state index in [1.165, 1.54) is 12.0 Å². The van der Waals surface area contributed by atoms with Crippen LogP contribution in [0.3, 0.4) is 0 Å². The molecule has 8 nitrogen and oxygen atoms in total. The monoisotopic (exact) mass is 563 g/mol. The second-order valence-electron chi connectivity index (χ2n) is 8.05. The molecule has 2 atom stereocenters. The fourth-order valence-electron chi connectivity index (χ4n) is 4.09. The lowest BCUT2D eigenvalue weighted by Crippen LogP contribution is -2.45. The third-order valence-electron chi connectivity index (χ3n) is 5.70. The summed E-state index contributed by atoms with van der Waals surface area (Å²) in [5, 5.41) is 9.35. The highest BCUT2D eigenvalue weighted by molar-refractivity contribution is 14.0. The highest BCUT2D eigenvalue weighted by Gasteiger charge is 2.28. The van der Waals surface area contributed by atoms with Crippen LogP contribution < -0.4 is 16.0 Å². The van der Waals surface area contributed by atoms with Gasteiger partial charge in [0.15, 0.2) is 15.8 Å². The molecule has 1 aromatic carbocycles. The normalized spacial score (nSPS) is 23.2. The van der Waals surface area contributed by atoms with E-state index in [2.05, 4.69) is 50.1 Å². The Morgan fingerprint density at radius 1 is 1.19 bits per heavy atom. The number of amides is 1. The standard InChI is InChI=1S/C21H33N5O3S.HI/c1-22-21(23-11-9-20(27)25-18-10-13-30(28,29)16-18)24-14-19-8-5-12-26(19)15-17-6-3-2-4-7-17;/h2-4,6-7,18-19H,5,8-16H2,1H3,(H,25,27)(H2,22,23,24);1H. The molecular formula is C21H34IN5O3S. The quantitative estimate of drug-likeness (QED) is 0.249. The molecule has 0 saturated carbocycles. The molecule has 1 aromatic rings. The molecule has 10 heteroatoms. The van der Waals surface area contributed by atoms with Crippen LogP contribution in [0.2, 0.25) is 0 Å². The molecule has 2 saturated heterocycles. The molecule has 0 spiro atoms. The summed E-state index contributed by atoms with van der Waals surface area (Å²) >= 11 is 0. The Labute approximate surface area is 202 Å². The Bertz CT molecular complexity index is 835. The number of nitrogens with one attached hydrogen (secondary N) is 3. The molecule has 3 rings (SSSR count). The molecule has 0 radical (unpaired) electrons. The first-order valence-corrected chi connectivity index (χ1v) is 12.5. The van der Waals surface area contributed by atoms with Crippen molar-refractivity contribution in [1.29, 1.82) is 0 Å². The zero-order valence-corrected chi connectivity index (χ0v) is 21.2. The van der Waals surface area contributed by atoms with Crippen molar-refractivity contribution >= 4 is 45.7 Å². The molecule has 2 aliphatic heterocycles. The fourth-order valence-corrected chi connectivity index (χ4v) is 5.76. The van der Waals surface area contributed by atoms with Crippen LogP contribution in [-0.4, -0.2) is 75.5 Å². The van der Waals surface area contributed by atoms with Gasteiger partial charge >= 0.3 is 0 Å². The van der Waals surface area contributed by atoms with E-state index in [0.717, 1.165) is 26.1 Å². The number of aliphatic imine (C=N–C) groups is 1. The van der Waals surface area contributed by atoms with Crippen molar-refractivity contribution in [2.24, 2.45) is 4.99 Å². The largest absolute Gasteiger partial charge is 0.356 e. The average Bonchev–Trinajstić information content (AvgIpc) is 3.30. The van der Waals surface area contributed by atoms with E-state index >= 15 is 0 Å². The minimum absolute atomic E-state index is 0. The van der Waals surface area contributed by atoms with Crippen molar-refractivity contribution in [3.63, 3.8) is 0 Å². The lowest BCUT2D eigenvalue weighted by molar-refractivity contribution is -0.121. The summed E-state index contributed by atoms with van der Waals surface area (Å²) in [5.41, 5.74) is 1.33. The third-order valence-corrected chi connectivity index (χ3v) is 7.47. The molecule has 174 valence electrons. The van der Waals surface area contributed by atoms with Crippen LogP contribution in [0.15, 0.2) is 35.3 Å². The summed E-state index contributed by atoms with van der Waals surface area (Å²) in [6, 6.07) is 10.7. The summed E-state index contributed by atoms with van der Waals surface area (Å²) in [7, 11) is -1.27. The van der Waals surface area contributed by atoms with Crippen molar-refractivity contribution in [1.82, 2.24) is 20.9 Å². The molecule has 0 aromatic heterocycles. The maximum absolute atomic E-state index is 12.1. The molecule has 2 aliphatic rings. The molecule has 2 unspecified atom stereocenters. The van der Waals surface area contributed by atoms with Gasteiger partial charge in [-0.25, -0.2) is 8.42 Å². The number of guanidine groups is 1. The summed E-state index contributed by atoms with van der Waals surface area (Å²) in [5.74, 6) is 0.758. The van der Waals surface area contributed by atoms with Gasteiger partial charge in [-0.15, -0.1) is 24.0 Å². The van der Waals surface area contributed by atoms with E-state index < -0.39 is 9.84 Å². The van der Waals surface area contributed by atoms with Crippen LogP contribution in [0.1, 0.15) is 31.2 Å². The molecule has 3 N–H and O–H groups in total. The van der Waals surface area contributed by atoms with Gasteiger partial charge < -0.3 is 16.0 Å². The van der Waals surface area contributed by atoms with E-state index in [1.54, 1.807) is 7.05 Å². The van der Waals surface area contributed by atoms with E-state index in [9.17, 15) is 13.2 Å². The number of likely N-dealkylation sites (tertiary alicyclic amines) is 1. The molecular weight excluding hydrogens is 529 g/mol. The Morgan fingerprint density at radius 2 is 1.97 bits per heavy atom. The van der Waals surface area contributed by atoms with Crippen LogP contribution in [0, 0.1) is 0 Å². The van der Waals surface area contributed by atoms with Gasteiger partial charge in [0, 0.05) is 45.2 Å². The lowest BCUT2D eigenvalue weighted by atomic mass is 10.2. The number of halogens is 1. The molecule has 2 fully saturated rings. The fraction of sp³-hybridized carbons (Fsp3) is 0.619. The van der Waals surface area contributed by atoms with Gasteiger partial charge in [0.1, 0.15) is 0 Å². The Morgan fingerprint density at radius 3 is 2.65 bits per heavy atom. The van der Waals surface area contributed by atoms with Gasteiger partial charge in [-0.3, -0.25) is 14.7 Å². The topological polar surface area (TPSA) is 103 Å². The van der Waals surface area contributed by atoms with Crippen molar-refractivity contribution in [2.75, 3.05) is 38.2 Å². The number of nitrogens with zero attached hydrogens (tertiary/aromatic N) is 2. The molecule has 0 bridgehead atoms. The highest BCUT2D eigenvalue weighted by Crippen LogP contribution is 2.19. The summed E-state index contributed by atoms with van der Waals surface area (Å²) < 4.78 is 23.0. The number of sulfone groups is 1. The molecule has 1 amide bonds. The SMILES string of the molecule is CN=C(NCCC(=O)NC1CCS(=O)(=O)C1)NCC1CCCN1Cc1ccccc1.I. The number of benzene rings is 1. The zero-order valence-electron chi connectivity index (χ0n) is 18.0. The van der Waals surface area contributed by atoms with Gasteiger partial charge in [-0.05, 0) is 31.4 Å². The predicted molar refractivity (Wildman–Crippen MR) is 134 cm³/mol. The van der Waals surface area contributed by atoms with Gasteiger partial charge in [-0.1, -0.05) is 30.3 Å². The van der Waals surface area contributed by atoms with Crippen LogP contribution in [0.25, 0.3) is 0 Å². The predicted octanol–water partition coefficient (Wildman–Crippen LogP) is 1.13. The minimum atomic E-state index is -2.98. The first-order valence-electron chi connectivity index (χ1n) is 10.7. The lowest BCUT2D eigenvalue weighted by Gasteiger charge is -2.25. The number of hydrogen-bond donors (Lipinski definition) is 3. The number of carbonyl (C=O) groups is 1. The van der Waals surface area contributed by atoms with Gasteiger partial charge in [0.05, 0.1) is 11.5 Å². The highest BCUT2D eigenvalue weighted by atomic mass is 127. The first-order chi connectivity index (χ1) is 14.4. The molecule has 0 aliphatic carbocycles. The second-order valence-corrected chi connectivity index (χ2v) is 10.3. The second kappa shape index (κ2) is 12.6. The number of rotatable bonds is 8. The van der Waals surface area contributed by atoms with Gasteiger partial charge in [0.2, 0.25) is 5.91 Å². The van der Waals surface area contributed by atoms with Crippen LogP contribution >= 0.6 is 24.0 Å². The maximum atomic E-state index is 12.1. The number of hydrogen-bond acceptors (Lipinski definition) is 5. The maximum Gasteiger partial charge on any atom is 0.222 e. The first kappa shape index (κ1) is 25.9. The summed E-state index contributed by atoms with van der Waals surface area (Å²) in [6.07, 6.45) is 3.14. The smallest absolute Gasteiger partial charge is 0.222 e. The Kier molecular flexibility index (Phi) is 10.5. The van der Waals surface area contributed by atoms with E-state index in [-0.39, 0.29) is 53.9 Å². The Hall–Kier alpha value is -1.40. The Balaban J connectivity index is 0.00000341. The summed E-state index contributed by atoms with van der Waals surface area (Å²) in [4.78, 5) is 18.8. The number of carbonyl (C=O) groups excluding carboxylic acids is 1.